The fraction of sp³-hybridized carbons (Fsp3) is 0.357. The number of pyridine rings is 1. The van der Waals surface area contributed by atoms with E-state index in [0.29, 0.717) is 5.92 Å². The molecule has 1 fully saturated rings. The average molecular weight is 213 g/mol. The molecule has 0 amide bonds. The third-order valence-electron chi connectivity index (χ3n) is 3.51. The van der Waals surface area contributed by atoms with Crippen LogP contribution >= 0.6 is 0 Å². The minimum absolute atomic E-state index is 0.691. The van der Waals surface area contributed by atoms with Crippen LogP contribution in [-0.4, -0.2) is 13.1 Å². The number of aromatic nitrogens is 1. The maximum atomic E-state index is 3.43. The smallest absolute Gasteiger partial charge is 0.212 e. The molecular weight excluding hydrogens is 196 g/mol. The van der Waals surface area contributed by atoms with Gasteiger partial charge in [-0.1, -0.05) is 12.1 Å². The van der Waals surface area contributed by atoms with Crippen LogP contribution in [0.25, 0.3) is 10.9 Å². The second kappa shape index (κ2) is 3.87. The largest absolute Gasteiger partial charge is 0.316 e. The molecule has 1 aliphatic rings. The molecule has 0 radical (unpaired) electrons. The van der Waals surface area contributed by atoms with Gasteiger partial charge in [0.1, 0.15) is 7.05 Å². The van der Waals surface area contributed by atoms with Crippen LogP contribution in [0.3, 0.4) is 0 Å². The lowest BCUT2D eigenvalue weighted by atomic mass is 9.98. The Morgan fingerprint density at radius 2 is 2.19 bits per heavy atom. The van der Waals surface area contributed by atoms with Crippen molar-refractivity contribution in [1.29, 1.82) is 0 Å². The molecule has 2 heteroatoms. The van der Waals surface area contributed by atoms with Gasteiger partial charge in [-0.2, -0.15) is 0 Å². The van der Waals surface area contributed by atoms with Crippen molar-refractivity contribution in [3.05, 3.63) is 42.1 Å². The van der Waals surface area contributed by atoms with Gasteiger partial charge in [-0.05, 0) is 25.1 Å². The molecule has 2 heterocycles. The van der Waals surface area contributed by atoms with Gasteiger partial charge in [0, 0.05) is 29.5 Å². The van der Waals surface area contributed by atoms with Crippen molar-refractivity contribution in [2.24, 2.45) is 7.05 Å². The summed E-state index contributed by atoms with van der Waals surface area (Å²) in [6, 6.07) is 10.9. The Hall–Kier alpha value is -1.41. The Kier molecular flexibility index (Phi) is 2.37. The quantitative estimate of drug-likeness (QED) is 0.714. The van der Waals surface area contributed by atoms with Crippen molar-refractivity contribution in [1.82, 2.24) is 5.32 Å². The van der Waals surface area contributed by atoms with E-state index in [9.17, 15) is 0 Å². The molecule has 16 heavy (non-hydrogen) atoms. The molecule has 0 aliphatic carbocycles. The maximum Gasteiger partial charge on any atom is 0.212 e. The topological polar surface area (TPSA) is 15.9 Å². The predicted octanol–water partition coefficient (Wildman–Crippen LogP) is 1.74. The number of aryl methyl sites for hydroxylation is 1. The molecule has 82 valence electrons. The van der Waals surface area contributed by atoms with Crippen molar-refractivity contribution in [2.45, 2.75) is 12.3 Å². The molecule has 1 atom stereocenters. The lowest BCUT2D eigenvalue weighted by Crippen LogP contribution is -2.29. The van der Waals surface area contributed by atoms with E-state index in [1.54, 1.807) is 0 Å². The first-order chi connectivity index (χ1) is 7.84. The van der Waals surface area contributed by atoms with Crippen LogP contribution in [0, 0.1) is 0 Å². The van der Waals surface area contributed by atoms with E-state index >= 15 is 0 Å². The van der Waals surface area contributed by atoms with Crippen LogP contribution in [0.15, 0.2) is 36.5 Å². The zero-order valence-electron chi connectivity index (χ0n) is 9.61. The molecule has 1 unspecified atom stereocenters. The first-order valence-corrected chi connectivity index (χ1v) is 5.93. The van der Waals surface area contributed by atoms with Crippen molar-refractivity contribution >= 4 is 10.9 Å². The van der Waals surface area contributed by atoms with Crippen molar-refractivity contribution in [3.8, 4) is 0 Å². The molecule has 3 rings (SSSR count). The van der Waals surface area contributed by atoms with Crippen LogP contribution in [0.1, 0.15) is 17.9 Å². The number of fused-ring (bicyclic) bond motifs is 1. The average Bonchev–Trinajstić information content (AvgIpc) is 2.82. The molecule has 1 N–H and O–H groups in total. The van der Waals surface area contributed by atoms with E-state index in [2.05, 4.69) is 53.5 Å². The van der Waals surface area contributed by atoms with Gasteiger partial charge in [-0.3, -0.25) is 0 Å². The number of rotatable bonds is 1. The number of nitrogens with one attached hydrogen (secondary N) is 1. The summed E-state index contributed by atoms with van der Waals surface area (Å²) in [7, 11) is 2.13. The summed E-state index contributed by atoms with van der Waals surface area (Å²) in [5, 5.41) is 4.77. The first-order valence-electron chi connectivity index (χ1n) is 5.93. The summed E-state index contributed by atoms with van der Waals surface area (Å²) in [4.78, 5) is 0. The second-order valence-corrected chi connectivity index (χ2v) is 4.63. The molecule has 2 aromatic rings. The molecule has 0 saturated carbocycles. The van der Waals surface area contributed by atoms with Gasteiger partial charge in [0.15, 0.2) is 6.20 Å². The Labute approximate surface area is 95.9 Å². The van der Waals surface area contributed by atoms with Gasteiger partial charge in [0.2, 0.25) is 5.52 Å². The van der Waals surface area contributed by atoms with Gasteiger partial charge in [0.25, 0.3) is 0 Å². The maximum absolute atomic E-state index is 3.43. The van der Waals surface area contributed by atoms with Crippen molar-refractivity contribution < 1.29 is 4.57 Å². The fourth-order valence-corrected chi connectivity index (χ4v) is 2.60. The van der Waals surface area contributed by atoms with Crippen LogP contribution in [0.2, 0.25) is 0 Å². The van der Waals surface area contributed by atoms with Crippen molar-refractivity contribution in [3.63, 3.8) is 0 Å². The number of hydrogen-bond donors (Lipinski definition) is 1. The van der Waals surface area contributed by atoms with Gasteiger partial charge >= 0.3 is 0 Å². The minimum atomic E-state index is 0.691. The van der Waals surface area contributed by atoms with Gasteiger partial charge in [-0.15, -0.1) is 0 Å². The van der Waals surface area contributed by atoms with Gasteiger partial charge in [-0.25, -0.2) is 4.57 Å². The summed E-state index contributed by atoms with van der Waals surface area (Å²) in [6.07, 6.45) is 3.54. The van der Waals surface area contributed by atoms with E-state index < -0.39 is 0 Å². The lowest BCUT2D eigenvalue weighted by molar-refractivity contribution is -0.645. The molecule has 1 aromatic carbocycles. The highest BCUT2D eigenvalue weighted by atomic mass is 14.9. The van der Waals surface area contributed by atoms with Crippen LogP contribution in [0.4, 0.5) is 0 Å². The fourth-order valence-electron chi connectivity index (χ4n) is 2.60. The summed E-state index contributed by atoms with van der Waals surface area (Å²) in [6.45, 7) is 2.28. The Morgan fingerprint density at radius 3 is 3.00 bits per heavy atom. The minimum Gasteiger partial charge on any atom is -0.316 e. The Morgan fingerprint density at radius 1 is 1.31 bits per heavy atom. The summed E-state index contributed by atoms with van der Waals surface area (Å²) in [5.41, 5.74) is 2.77. The van der Waals surface area contributed by atoms with E-state index in [-0.39, 0.29) is 0 Å². The third-order valence-corrected chi connectivity index (χ3v) is 3.51. The van der Waals surface area contributed by atoms with E-state index in [4.69, 9.17) is 0 Å². The second-order valence-electron chi connectivity index (χ2n) is 4.63. The summed E-state index contributed by atoms with van der Waals surface area (Å²) >= 11 is 0. The molecule has 1 aromatic heterocycles. The highest BCUT2D eigenvalue weighted by Crippen LogP contribution is 2.23. The third kappa shape index (κ3) is 1.59. The molecule has 2 nitrogen and oxygen atoms in total. The van der Waals surface area contributed by atoms with E-state index in [0.717, 1.165) is 13.1 Å². The number of hydrogen-bond acceptors (Lipinski definition) is 1. The van der Waals surface area contributed by atoms with E-state index in [1.165, 1.54) is 22.9 Å². The number of para-hydroxylation sites is 1. The van der Waals surface area contributed by atoms with Gasteiger partial charge < -0.3 is 5.32 Å². The highest BCUT2D eigenvalue weighted by molar-refractivity contribution is 5.75. The Balaban J connectivity index is 2.13. The zero-order valence-corrected chi connectivity index (χ0v) is 9.61. The Bertz CT molecular complexity index is 513. The molecule has 1 aliphatic heterocycles. The van der Waals surface area contributed by atoms with E-state index in [1.807, 2.05) is 0 Å². The predicted molar refractivity (Wildman–Crippen MR) is 65.4 cm³/mol. The lowest BCUT2D eigenvalue weighted by Gasteiger charge is -2.08. The van der Waals surface area contributed by atoms with Crippen LogP contribution in [0.5, 0.6) is 0 Å². The summed E-state index contributed by atoms with van der Waals surface area (Å²) in [5.74, 6) is 0.691. The van der Waals surface area contributed by atoms with Crippen molar-refractivity contribution in [2.75, 3.05) is 13.1 Å². The highest BCUT2D eigenvalue weighted by Gasteiger charge is 2.19. The van der Waals surface area contributed by atoms with Crippen LogP contribution in [-0.2, 0) is 7.05 Å². The molecule has 0 bridgehead atoms. The zero-order chi connectivity index (χ0) is 11.0. The molecule has 1 saturated heterocycles. The summed E-state index contributed by atoms with van der Waals surface area (Å²) < 4.78 is 2.24. The normalized spacial score (nSPS) is 20.4. The monoisotopic (exact) mass is 213 g/mol. The van der Waals surface area contributed by atoms with Crippen LogP contribution < -0.4 is 9.88 Å². The molecular formula is C14H17N2+. The first kappa shape index (κ1) is 9.79. The number of nitrogens with zero attached hydrogens (tertiary/aromatic N) is 1. The number of benzene rings is 1. The standard InChI is InChI=1S/C14H17N2/c1-16-10-13(12-6-7-15-9-12)8-11-4-2-3-5-14(11)16/h2-5,8,10,12,15H,6-7,9H2,1H3/q+1. The van der Waals surface area contributed by atoms with Gasteiger partial charge in [0.05, 0.1) is 0 Å². The molecule has 0 spiro atoms. The SMILES string of the molecule is C[n+]1cc(C2CCNC2)cc2ccccc21.